The van der Waals surface area contributed by atoms with Crippen molar-refractivity contribution < 1.29 is 9.47 Å². The van der Waals surface area contributed by atoms with Crippen LogP contribution < -0.4 is 10.5 Å². The fraction of sp³-hybridized carbons (Fsp3) is 0.417. The summed E-state index contributed by atoms with van der Waals surface area (Å²) in [5.74, 6) is 0.837. The fourth-order valence-electron chi connectivity index (χ4n) is 1.76. The van der Waals surface area contributed by atoms with Gasteiger partial charge in [0.15, 0.2) is 0 Å². The van der Waals surface area contributed by atoms with Gasteiger partial charge < -0.3 is 15.2 Å². The number of rotatable bonds is 3. The molecule has 1 fully saturated rings. The third-order valence-electron chi connectivity index (χ3n) is 2.68. The second kappa shape index (κ2) is 5.80. The predicted molar refractivity (Wildman–Crippen MR) is 74.5 cm³/mol. The first-order valence-corrected chi connectivity index (χ1v) is 6.70. The third kappa shape index (κ3) is 3.40. The van der Waals surface area contributed by atoms with E-state index in [4.69, 9.17) is 27.4 Å². The van der Waals surface area contributed by atoms with Crippen LogP contribution in [0.3, 0.4) is 0 Å². The molecular formula is C12H14BrNO2S. The highest BCUT2D eigenvalue weighted by Crippen LogP contribution is 2.25. The van der Waals surface area contributed by atoms with Crippen molar-refractivity contribution >= 4 is 33.1 Å². The Morgan fingerprint density at radius 2 is 2.12 bits per heavy atom. The summed E-state index contributed by atoms with van der Waals surface area (Å²) in [6, 6.07) is 5.68. The Labute approximate surface area is 114 Å². The van der Waals surface area contributed by atoms with Gasteiger partial charge in [0, 0.05) is 22.9 Å². The molecule has 0 atom stereocenters. The Morgan fingerprint density at radius 1 is 1.41 bits per heavy atom. The Hall–Kier alpha value is -0.650. The maximum atomic E-state index is 5.88. The molecule has 0 aromatic heterocycles. The first kappa shape index (κ1) is 12.8. The van der Waals surface area contributed by atoms with Crippen molar-refractivity contribution in [3.63, 3.8) is 0 Å². The van der Waals surface area contributed by atoms with Crippen LogP contribution in [0.15, 0.2) is 22.7 Å². The van der Waals surface area contributed by atoms with Gasteiger partial charge in [0.05, 0.1) is 13.2 Å². The number of hydrogen-bond acceptors (Lipinski definition) is 3. The Morgan fingerprint density at radius 3 is 2.71 bits per heavy atom. The number of nitrogens with two attached hydrogens (primary N) is 1. The molecule has 1 aromatic carbocycles. The summed E-state index contributed by atoms with van der Waals surface area (Å²) >= 11 is 8.38. The highest BCUT2D eigenvalue weighted by molar-refractivity contribution is 9.10. The molecule has 92 valence electrons. The molecule has 0 spiro atoms. The average molecular weight is 316 g/mol. The molecule has 0 radical (unpaired) electrons. The molecule has 0 aliphatic carbocycles. The standard InChI is InChI=1S/C12H14BrNO2S/c13-11-7-9(1-2-10(11)12(14)17)16-8-3-5-15-6-4-8/h1-2,7-8H,3-6H2,(H2,14,17). The minimum atomic E-state index is 0.242. The van der Waals surface area contributed by atoms with Crippen LogP contribution in [0.4, 0.5) is 0 Å². The molecule has 0 unspecified atom stereocenters. The SMILES string of the molecule is NC(=S)c1ccc(OC2CCOCC2)cc1Br. The molecule has 0 amide bonds. The fourth-order valence-corrected chi connectivity index (χ4v) is 2.64. The molecule has 1 aliphatic rings. The molecule has 3 nitrogen and oxygen atoms in total. The largest absolute Gasteiger partial charge is 0.490 e. The van der Waals surface area contributed by atoms with E-state index < -0.39 is 0 Å². The van der Waals surface area contributed by atoms with Crippen LogP contribution in [0.2, 0.25) is 0 Å². The van der Waals surface area contributed by atoms with Gasteiger partial charge in [-0.05, 0) is 34.1 Å². The molecule has 17 heavy (non-hydrogen) atoms. The second-order valence-electron chi connectivity index (χ2n) is 3.94. The van der Waals surface area contributed by atoms with Crippen LogP contribution in [0.1, 0.15) is 18.4 Å². The third-order valence-corrected chi connectivity index (χ3v) is 3.55. The van der Waals surface area contributed by atoms with Gasteiger partial charge in [0.25, 0.3) is 0 Å². The van der Waals surface area contributed by atoms with Crippen molar-refractivity contribution in [3.8, 4) is 5.75 Å². The molecule has 1 aliphatic heterocycles. The van der Waals surface area contributed by atoms with Crippen LogP contribution in [0.25, 0.3) is 0 Å². The normalized spacial score (nSPS) is 16.8. The molecule has 1 aromatic rings. The summed E-state index contributed by atoms with van der Waals surface area (Å²) in [6.07, 6.45) is 2.12. The maximum absolute atomic E-state index is 5.88. The highest BCUT2D eigenvalue weighted by atomic mass is 79.9. The van der Waals surface area contributed by atoms with E-state index in [1.54, 1.807) is 0 Å². The first-order valence-electron chi connectivity index (χ1n) is 5.50. The van der Waals surface area contributed by atoms with Crippen molar-refractivity contribution in [2.45, 2.75) is 18.9 Å². The van der Waals surface area contributed by atoms with E-state index >= 15 is 0 Å². The lowest BCUT2D eigenvalue weighted by atomic mass is 10.1. The van der Waals surface area contributed by atoms with Crippen molar-refractivity contribution in [1.29, 1.82) is 0 Å². The van der Waals surface area contributed by atoms with E-state index in [0.717, 1.165) is 41.8 Å². The highest BCUT2D eigenvalue weighted by Gasteiger charge is 2.15. The average Bonchev–Trinajstić information content (AvgIpc) is 2.30. The van der Waals surface area contributed by atoms with Crippen molar-refractivity contribution in [3.05, 3.63) is 28.2 Å². The van der Waals surface area contributed by atoms with Crippen molar-refractivity contribution in [2.75, 3.05) is 13.2 Å². The lowest BCUT2D eigenvalue weighted by Gasteiger charge is -2.23. The van der Waals surface area contributed by atoms with Gasteiger partial charge in [-0.25, -0.2) is 0 Å². The summed E-state index contributed by atoms with van der Waals surface area (Å²) in [7, 11) is 0. The Balaban J connectivity index is 2.06. The monoisotopic (exact) mass is 315 g/mol. The quantitative estimate of drug-likeness (QED) is 0.871. The molecule has 2 N–H and O–H groups in total. The van der Waals surface area contributed by atoms with Crippen LogP contribution in [-0.2, 0) is 4.74 Å². The van der Waals surface area contributed by atoms with Gasteiger partial charge in [0.1, 0.15) is 16.8 Å². The van der Waals surface area contributed by atoms with Gasteiger partial charge in [-0.15, -0.1) is 0 Å². The summed E-state index contributed by atoms with van der Waals surface area (Å²) < 4.78 is 12.0. The lowest BCUT2D eigenvalue weighted by Crippen LogP contribution is -2.25. The first-order chi connectivity index (χ1) is 8.16. The van der Waals surface area contributed by atoms with Crippen molar-refractivity contribution in [1.82, 2.24) is 0 Å². The topological polar surface area (TPSA) is 44.5 Å². The van der Waals surface area contributed by atoms with E-state index in [-0.39, 0.29) is 6.10 Å². The van der Waals surface area contributed by atoms with Crippen LogP contribution in [0.5, 0.6) is 5.75 Å². The Kier molecular flexibility index (Phi) is 4.36. The number of ether oxygens (including phenoxy) is 2. The second-order valence-corrected chi connectivity index (χ2v) is 5.23. The van der Waals surface area contributed by atoms with E-state index in [2.05, 4.69) is 15.9 Å². The molecule has 0 bridgehead atoms. The van der Waals surface area contributed by atoms with Crippen LogP contribution in [0, 0.1) is 0 Å². The summed E-state index contributed by atoms with van der Waals surface area (Å²) in [5, 5.41) is 0. The minimum Gasteiger partial charge on any atom is -0.490 e. The van der Waals surface area contributed by atoms with E-state index in [1.807, 2.05) is 18.2 Å². The molecular weight excluding hydrogens is 302 g/mol. The zero-order valence-electron chi connectivity index (χ0n) is 9.32. The van der Waals surface area contributed by atoms with Gasteiger partial charge in [-0.2, -0.15) is 0 Å². The van der Waals surface area contributed by atoms with Crippen LogP contribution >= 0.6 is 28.1 Å². The van der Waals surface area contributed by atoms with Gasteiger partial charge in [0.2, 0.25) is 0 Å². The van der Waals surface area contributed by atoms with E-state index in [9.17, 15) is 0 Å². The summed E-state index contributed by atoms with van der Waals surface area (Å²) in [6.45, 7) is 1.55. The minimum absolute atomic E-state index is 0.242. The molecule has 1 heterocycles. The number of benzene rings is 1. The Bertz CT molecular complexity index is 419. The molecule has 1 saturated heterocycles. The lowest BCUT2D eigenvalue weighted by molar-refractivity contribution is 0.0255. The van der Waals surface area contributed by atoms with Crippen molar-refractivity contribution in [2.24, 2.45) is 5.73 Å². The van der Waals surface area contributed by atoms with E-state index in [1.165, 1.54) is 0 Å². The van der Waals surface area contributed by atoms with Gasteiger partial charge >= 0.3 is 0 Å². The summed E-state index contributed by atoms with van der Waals surface area (Å²) in [5.41, 5.74) is 6.43. The zero-order valence-corrected chi connectivity index (χ0v) is 11.7. The predicted octanol–water partition coefficient (Wildman–Crippen LogP) is 2.64. The smallest absolute Gasteiger partial charge is 0.120 e. The zero-order chi connectivity index (χ0) is 12.3. The molecule has 5 heteroatoms. The number of hydrogen-bond donors (Lipinski definition) is 1. The van der Waals surface area contributed by atoms with Gasteiger partial charge in [-0.3, -0.25) is 0 Å². The van der Waals surface area contributed by atoms with E-state index in [0.29, 0.717) is 4.99 Å². The summed E-state index contributed by atoms with van der Waals surface area (Å²) in [4.78, 5) is 0.384. The number of thiocarbonyl (C=S) groups is 1. The molecule has 2 rings (SSSR count). The number of halogens is 1. The van der Waals surface area contributed by atoms with Gasteiger partial charge in [-0.1, -0.05) is 12.2 Å². The molecule has 0 saturated carbocycles. The van der Waals surface area contributed by atoms with Crippen LogP contribution in [-0.4, -0.2) is 24.3 Å². The maximum Gasteiger partial charge on any atom is 0.120 e.